The quantitative estimate of drug-likeness (QED) is 0.417. The van der Waals surface area contributed by atoms with Crippen LogP contribution in [0.2, 0.25) is 0 Å². The molecule has 0 atom stereocenters. The van der Waals surface area contributed by atoms with Crippen LogP contribution in [0.3, 0.4) is 0 Å². The van der Waals surface area contributed by atoms with Gasteiger partial charge in [0.05, 0.1) is 26.4 Å². The zero-order valence-corrected chi connectivity index (χ0v) is 7.43. The molecule has 0 spiro atoms. The summed E-state index contributed by atoms with van der Waals surface area (Å²) in [5.41, 5.74) is 0. The summed E-state index contributed by atoms with van der Waals surface area (Å²) in [4.78, 5) is 22.1. The second kappa shape index (κ2) is 3.93. The summed E-state index contributed by atoms with van der Waals surface area (Å²) in [5, 5.41) is 0. The molecule has 2 heterocycles. The maximum atomic E-state index is 11.0. The Labute approximate surface area is 80.1 Å². The molecule has 0 saturated carbocycles. The van der Waals surface area contributed by atoms with Crippen LogP contribution in [-0.2, 0) is 28.5 Å². The highest BCUT2D eigenvalue weighted by Gasteiger charge is 2.31. The average Bonchev–Trinajstić information content (AvgIpc) is 2.03. The molecule has 0 N–H and O–H groups in total. The van der Waals surface area contributed by atoms with E-state index >= 15 is 0 Å². The monoisotopic (exact) mass is 202 g/mol. The topological polar surface area (TPSA) is 71.1 Å². The van der Waals surface area contributed by atoms with Gasteiger partial charge in [-0.05, 0) is 0 Å². The Balaban J connectivity index is 1.69. The summed E-state index contributed by atoms with van der Waals surface area (Å²) in [6.07, 6.45) is -0.597. The van der Waals surface area contributed by atoms with Gasteiger partial charge in [-0.1, -0.05) is 0 Å². The zero-order valence-electron chi connectivity index (χ0n) is 7.43. The molecule has 2 rings (SSSR count). The Hall–Kier alpha value is -1.14. The first-order valence-corrected chi connectivity index (χ1v) is 4.33. The van der Waals surface area contributed by atoms with E-state index in [0.717, 1.165) is 0 Å². The minimum absolute atomic E-state index is 0.298. The van der Waals surface area contributed by atoms with Gasteiger partial charge in [0, 0.05) is 0 Å². The molecule has 0 amide bonds. The predicted molar refractivity (Wildman–Crippen MR) is 41.4 cm³/mol. The zero-order chi connectivity index (χ0) is 9.97. The lowest BCUT2D eigenvalue weighted by atomic mass is 10.3. The van der Waals surface area contributed by atoms with Gasteiger partial charge in [0.25, 0.3) is 0 Å². The highest BCUT2D eigenvalue weighted by molar-refractivity contribution is 6.29. The van der Waals surface area contributed by atoms with E-state index in [9.17, 15) is 9.59 Å². The van der Waals surface area contributed by atoms with Crippen LogP contribution in [0.1, 0.15) is 0 Å². The molecular weight excluding hydrogens is 192 g/mol. The van der Waals surface area contributed by atoms with Crippen molar-refractivity contribution in [3.8, 4) is 0 Å². The number of carbonyl (C=O) groups is 2. The van der Waals surface area contributed by atoms with E-state index in [-0.39, 0.29) is 12.2 Å². The Morgan fingerprint density at radius 3 is 1.43 bits per heavy atom. The smallest absolute Gasteiger partial charge is 0.417 e. The van der Waals surface area contributed by atoms with Crippen LogP contribution in [0.15, 0.2) is 0 Å². The maximum absolute atomic E-state index is 11.0. The van der Waals surface area contributed by atoms with Crippen LogP contribution in [0.5, 0.6) is 0 Å². The van der Waals surface area contributed by atoms with Crippen molar-refractivity contribution in [2.75, 3.05) is 26.4 Å². The van der Waals surface area contributed by atoms with E-state index in [4.69, 9.17) is 18.9 Å². The summed E-state index contributed by atoms with van der Waals surface area (Å²) >= 11 is 0. The standard InChI is InChI=1S/C8H10O6/c9-7(13-5-1-11-2-5)8(10)14-6-3-12-4-6/h5-6H,1-4H2. The van der Waals surface area contributed by atoms with E-state index in [1.165, 1.54) is 0 Å². The Morgan fingerprint density at radius 2 is 1.21 bits per heavy atom. The number of ether oxygens (including phenoxy) is 4. The van der Waals surface area contributed by atoms with Gasteiger partial charge in [0.2, 0.25) is 0 Å². The molecule has 2 fully saturated rings. The van der Waals surface area contributed by atoms with Crippen molar-refractivity contribution < 1.29 is 28.5 Å². The molecule has 0 aromatic carbocycles. The van der Waals surface area contributed by atoms with Crippen molar-refractivity contribution in [2.24, 2.45) is 0 Å². The van der Waals surface area contributed by atoms with Crippen LogP contribution in [0.4, 0.5) is 0 Å². The van der Waals surface area contributed by atoms with Gasteiger partial charge in [-0.15, -0.1) is 0 Å². The minimum Gasteiger partial charge on any atom is -0.449 e. The van der Waals surface area contributed by atoms with E-state index < -0.39 is 11.9 Å². The molecule has 0 aromatic heterocycles. The molecule has 0 aromatic rings. The van der Waals surface area contributed by atoms with Crippen molar-refractivity contribution in [2.45, 2.75) is 12.2 Å². The summed E-state index contributed by atoms with van der Waals surface area (Å²) in [6, 6.07) is 0. The molecule has 2 aliphatic rings. The number of carbonyl (C=O) groups excluding carboxylic acids is 2. The van der Waals surface area contributed by atoms with Gasteiger partial charge in [0.1, 0.15) is 12.2 Å². The first-order valence-electron chi connectivity index (χ1n) is 4.33. The molecule has 78 valence electrons. The largest absolute Gasteiger partial charge is 0.449 e. The number of hydrogen-bond donors (Lipinski definition) is 0. The molecule has 2 saturated heterocycles. The van der Waals surface area contributed by atoms with Crippen LogP contribution in [0, 0.1) is 0 Å². The van der Waals surface area contributed by atoms with Crippen LogP contribution >= 0.6 is 0 Å². The Kier molecular flexibility index (Phi) is 2.64. The Morgan fingerprint density at radius 1 is 0.857 bits per heavy atom. The molecule has 0 unspecified atom stereocenters. The second-order valence-corrected chi connectivity index (χ2v) is 3.13. The lowest BCUT2D eigenvalue weighted by Crippen LogP contribution is -2.43. The average molecular weight is 202 g/mol. The normalized spacial score (nSPS) is 22.0. The van der Waals surface area contributed by atoms with E-state index in [1.54, 1.807) is 0 Å². The molecule has 2 aliphatic heterocycles. The Bertz CT molecular complexity index is 216. The first-order chi connectivity index (χ1) is 6.75. The van der Waals surface area contributed by atoms with Gasteiger partial charge in [0.15, 0.2) is 0 Å². The van der Waals surface area contributed by atoms with Crippen molar-refractivity contribution in [1.29, 1.82) is 0 Å². The van der Waals surface area contributed by atoms with Crippen molar-refractivity contribution in [3.63, 3.8) is 0 Å². The highest BCUT2D eigenvalue weighted by Crippen LogP contribution is 2.08. The van der Waals surface area contributed by atoms with Gasteiger partial charge in [-0.25, -0.2) is 9.59 Å². The fourth-order valence-electron chi connectivity index (χ4n) is 0.963. The van der Waals surface area contributed by atoms with Crippen molar-refractivity contribution in [1.82, 2.24) is 0 Å². The van der Waals surface area contributed by atoms with Gasteiger partial charge in [-0.2, -0.15) is 0 Å². The third-order valence-corrected chi connectivity index (χ3v) is 1.93. The number of hydrogen-bond acceptors (Lipinski definition) is 6. The maximum Gasteiger partial charge on any atom is 0.417 e. The predicted octanol–water partition coefficient (Wildman–Crippen LogP) is -1.13. The summed E-state index contributed by atoms with van der Waals surface area (Å²) in [7, 11) is 0. The fraction of sp³-hybridized carbons (Fsp3) is 0.750. The number of rotatable bonds is 2. The number of esters is 2. The van der Waals surface area contributed by atoms with Crippen molar-refractivity contribution in [3.05, 3.63) is 0 Å². The van der Waals surface area contributed by atoms with Crippen LogP contribution in [0.25, 0.3) is 0 Å². The van der Waals surface area contributed by atoms with Crippen molar-refractivity contribution >= 4 is 11.9 Å². The lowest BCUT2D eigenvalue weighted by molar-refractivity contribution is -0.196. The van der Waals surface area contributed by atoms with E-state index in [1.807, 2.05) is 0 Å². The SMILES string of the molecule is O=C(OC1COC1)C(=O)OC1COC1. The molecule has 6 heteroatoms. The molecule has 14 heavy (non-hydrogen) atoms. The third kappa shape index (κ3) is 2.02. The molecule has 0 aliphatic carbocycles. The van der Waals surface area contributed by atoms with Crippen LogP contribution < -0.4 is 0 Å². The minimum atomic E-state index is -0.954. The fourth-order valence-corrected chi connectivity index (χ4v) is 0.963. The summed E-state index contributed by atoms with van der Waals surface area (Å²) in [5.74, 6) is -1.91. The third-order valence-electron chi connectivity index (χ3n) is 1.93. The van der Waals surface area contributed by atoms with Gasteiger partial charge >= 0.3 is 11.9 Å². The van der Waals surface area contributed by atoms with Crippen LogP contribution in [-0.4, -0.2) is 50.6 Å². The summed E-state index contributed by atoms with van der Waals surface area (Å²) in [6.45, 7) is 1.41. The highest BCUT2D eigenvalue weighted by atomic mass is 16.7. The molecular formula is C8H10O6. The van der Waals surface area contributed by atoms with E-state index in [0.29, 0.717) is 26.4 Å². The molecule has 6 nitrogen and oxygen atoms in total. The van der Waals surface area contributed by atoms with Gasteiger partial charge < -0.3 is 18.9 Å². The molecule has 0 bridgehead atoms. The first kappa shape index (κ1) is 9.42. The second-order valence-electron chi connectivity index (χ2n) is 3.13. The summed E-state index contributed by atoms with van der Waals surface area (Å²) < 4.78 is 19.0. The lowest BCUT2D eigenvalue weighted by Gasteiger charge is -2.27. The van der Waals surface area contributed by atoms with E-state index in [2.05, 4.69) is 0 Å². The molecule has 0 radical (unpaired) electrons. The van der Waals surface area contributed by atoms with Gasteiger partial charge in [-0.3, -0.25) is 0 Å².